The molecule has 5 N–H and O–H groups in total. The van der Waals surface area contributed by atoms with Crippen molar-refractivity contribution >= 4 is 45.7 Å². The lowest BCUT2D eigenvalue weighted by Crippen LogP contribution is -2.50. The molecule has 0 radical (unpaired) electrons. The first-order valence-corrected chi connectivity index (χ1v) is 12.2. The molecule has 2 aromatic carbocycles. The van der Waals surface area contributed by atoms with Crippen LogP contribution in [-0.4, -0.2) is 58.8 Å². The van der Waals surface area contributed by atoms with Gasteiger partial charge in [0.05, 0.1) is 5.69 Å². The van der Waals surface area contributed by atoms with Crippen LogP contribution < -0.4 is 26.8 Å². The lowest BCUT2D eigenvalue weighted by Gasteiger charge is -2.36. The largest absolute Gasteiger partial charge is 0.444 e. The number of piperazine rings is 1. The van der Waals surface area contributed by atoms with Crippen LogP contribution in [0.4, 0.5) is 33.5 Å². The van der Waals surface area contributed by atoms with Gasteiger partial charge >= 0.3 is 6.09 Å². The number of hydrogen-bond acceptors (Lipinski definition) is 9. The van der Waals surface area contributed by atoms with Gasteiger partial charge in [0.1, 0.15) is 16.8 Å². The maximum Gasteiger partial charge on any atom is 0.410 e. The molecule has 0 atom stereocenters. The molecule has 1 fully saturated rings. The van der Waals surface area contributed by atoms with E-state index >= 15 is 0 Å². The Morgan fingerprint density at radius 1 is 1.08 bits per heavy atom. The molecule has 10 nitrogen and oxygen atoms in total. The monoisotopic (exact) mass is 492 g/mol. The molecule has 192 valence electrons. The Labute approximate surface area is 212 Å². The predicted octanol–water partition coefficient (Wildman–Crippen LogP) is 4.10. The van der Waals surface area contributed by atoms with Gasteiger partial charge in [-0.1, -0.05) is 0 Å². The number of nitrogens with zero attached hydrogens (tertiary/aromatic N) is 5. The number of fused-ring (bicyclic) bond motifs is 1. The van der Waals surface area contributed by atoms with Crippen molar-refractivity contribution in [1.82, 2.24) is 14.9 Å². The quantitative estimate of drug-likeness (QED) is 0.274. The van der Waals surface area contributed by atoms with Gasteiger partial charge in [0.2, 0.25) is 5.95 Å². The van der Waals surface area contributed by atoms with Crippen LogP contribution in [0.2, 0.25) is 0 Å². The van der Waals surface area contributed by atoms with Crippen molar-refractivity contribution in [2.45, 2.75) is 46.3 Å². The van der Waals surface area contributed by atoms with E-state index in [1.165, 1.54) is 0 Å². The second-order valence-corrected chi connectivity index (χ2v) is 10.3. The summed E-state index contributed by atoms with van der Waals surface area (Å²) in [6.45, 7) is 12.4. The van der Waals surface area contributed by atoms with Crippen molar-refractivity contribution < 1.29 is 9.53 Å². The third-order valence-corrected chi connectivity index (χ3v) is 5.99. The molecule has 2 heterocycles. The molecule has 1 aromatic heterocycles. The summed E-state index contributed by atoms with van der Waals surface area (Å²) < 4.78 is 5.49. The molecule has 1 saturated heterocycles. The van der Waals surface area contributed by atoms with Crippen molar-refractivity contribution in [3.05, 3.63) is 42.6 Å². The van der Waals surface area contributed by atoms with Crippen LogP contribution >= 0.6 is 0 Å². The number of nitrogens with two attached hydrogens (primary N) is 2. The van der Waals surface area contributed by atoms with Gasteiger partial charge in [-0.15, -0.1) is 0 Å². The summed E-state index contributed by atoms with van der Waals surface area (Å²) >= 11 is 0. The highest BCUT2D eigenvalue weighted by Crippen LogP contribution is 2.32. The van der Waals surface area contributed by atoms with Gasteiger partial charge in [0.25, 0.3) is 0 Å². The molecule has 0 bridgehead atoms. The normalized spacial score (nSPS) is 14.3. The minimum atomic E-state index is -0.488. The van der Waals surface area contributed by atoms with E-state index in [1.54, 1.807) is 16.1 Å². The topological polar surface area (TPSA) is 126 Å². The van der Waals surface area contributed by atoms with Crippen molar-refractivity contribution in [3.8, 4) is 0 Å². The third-order valence-electron chi connectivity index (χ3n) is 5.99. The Kier molecular flexibility index (Phi) is 7.07. The van der Waals surface area contributed by atoms with Crippen molar-refractivity contribution in [1.29, 1.82) is 0 Å². The number of ether oxygens (including phenoxy) is 1. The Balaban J connectivity index is 1.44. The van der Waals surface area contributed by atoms with Crippen LogP contribution in [-0.2, 0) is 4.74 Å². The van der Waals surface area contributed by atoms with Crippen LogP contribution in [0.25, 0.3) is 10.9 Å². The number of anilines is 5. The van der Waals surface area contributed by atoms with Crippen molar-refractivity contribution in [2.75, 3.05) is 47.1 Å². The number of aromatic nitrogens is 2. The summed E-state index contributed by atoms with van der Waals surface area (Å²) in [5.74, 6) is 6.75. The van der Waals surface area contributed by atoms with Crippen molar-refractivity contribution in [2.24, 2.45) is 5.84 Å². The molecule has 4 rings (SSSR count). The maximum absolute atomic E-state index is 12.3. The maximum atomic E-state index is 12.3. The smallest absolute Gasteiger partial charge is 0.410 e. The van der Waals surface area contributed by atoms with Gasteiger partial charge < -0.3 is 30.6 Å². The molecule has 36 heavy (non-hydrogen) atoms. The highest BCUT2D eigenvalue weighted by atomic mass is 16.6. The van der Waals surface area contributed by atoms with Crippen LogP contribution in [0.5, 0.6) is 0 Å². The molecule has 1 aliphatic heterocycles. The molecule has 1 aliphatic rings. The number of amides is 1. The summed E-state index contributed by atoms with van der Waals surface area (Å²) in [5, 5.41) is 5.77. The van der Waals surface area contributed by atoms with E-state index in [0.717, 1.165) is 29.9 Å². The van der Waals surface area contributed by atoms with Gasteiger partial charge in [0.15, 0.2) is 0 Å². The van der Waals surface area contributed by atoms with E-state index < -0.39 is 5.60 Å². The average molecular weight is 493 g/mol. The molecular formula is C26H36N8O2. The summed E-state index contributed by atoms with van der Waals surface area (Å²) in [4.78, 5) is 25.5. The molecule has 0 spiro atoms. The SMILES string of the molecule is CC(C)N(N)c1c(N)ccc2cnc(Nc3ccc(N4CCN(C(=O)OC(C)(C)C)CC4)cc3)nc12. The lowest BCUT2D eigenvalue weighted by atomic mass is 10.1. The summed E-state index contributed by atoms with van der Waals surface area (Å²) in [6.07, 6.45) is 1.51. The molecule has 10 heteroatoms. The zero-order valence-corrected chi connectivity index (χ0v) is 21.7. The Morgan fingerprint density at radius 3 is 2.36 bits per heavy atom. The predicted molar refractivity (Wildman–Crippen MR) is 145 cm³/mol. The minimum absolute atomic E-state index is 0.0582. The van der Waals surface area contributed by atoms with E-state index in [4.69, 9.17) is 21.3 Å². The lowest BCUT2D eigenvalue weighted by molar-refractivity contribution is 0.0240. The standard InChI is InChI=1S/C26H36N8O2/c1-17(2)34(28)23-21(27)11-6-18-16-29-24(31-22(18)23)30-19-7-9-20(10-8-19)32-12-14-33(15-13-32)25(35)36-26(3,4)5/h6-11,16-17H,12-15,27-28H2,1-5H3,(H,29,30,31). The van der Waals surface area contributed by atoms with Crippen LogP contribution in [0.15, 0.2) is 42.6 Å². The first-order valence-electron chi connectivity index (χ1n) is 12.2. The first-order chi connectivity index (χ1) is 17.0. The zero-order chi connectivity index (χ0) is 26.0. The van der Waals surface area contributed by atoms with Crippen LogP contribution in [0.3, 0.4) is 0 Å². The van der Waals surface area contributed by atoms with E-state index in [1.807, 2.05) is 58.9 Å². The van der Waals surface area contributed by atoms with Gasteiger partial charge in [0, 0.05) is 55.2 Å². The Bertz CT molecular complexity index is 1220. The second kappa shape index (κ2) is 10.1. The van der Waals surface area contributed by atoms with Gasteiger partial charge in [-0.25, -0.2) is 20.6 Å². The summed E-state index contributed by atoms with van der Waals surface area (Å²) in [7, 11) is 0. The third kappa shape index (κ3) is 5.71. The van der Waals surface area contributed by atoms with E-state index in [-0.39, 0.29) is 12.1 Å². The minimum Gasteiger partial charge on any atom is -0.444 e. The zero-order valence-electron chi connectivity index (χ0n) is 21.7. The van der Waals surface area contributed by atoms with Gasteiger partial charge in [-0.3, -0.25) is 0 Å². The second-order valence-electron chi connectivity index (χ2n) is 10.3. The summed E-state index contributed by atoms with van der Waals surface area (Å²) in [6, 6.07) is 11.9. The molecule has 0 aliphatic carbocycles. The molecule has 0 unspecified atom stereocenters. The van der Waals surface area contributed by atoms with Crippen molar-refractivity contribution in [3.63, 3.8) is 0 Å². The molecule has 3 aromatic rings. The summed E-state index contributed by atoms with van der Waals surface area (Å²) in [5.41, 5.74) is 9.66. The average Bonchev–Trinajstić information content (AvgIpc) is 2.83. The molecule has 0 saturated carbocycles. The molecular weight excluding hydrogens is 456 g/mol. The molecule has 1 amide bonds. The van der Waals surface area contributed by atoms with E-state index in [0.29, 0.717) is 35.9 Å². The number of hydrogen-bond donors (Lipinski definition) is 3. The van der Waals surface area contributed by atoms with E-state index in [2.05, 4.69) is 27.3 Å². The van der Waals surface area contributed by atoms with Gasteiger partial charge in [-0.2, -0.15) is 0 Å². The highest BCUT2D eigenvalue weighted by molar-refractivity contribution is 5.97. The number of rotatable bonds is 5. The van der Waals surface area contributed by atoms with E-state index in [9.17, 15) is 4.79 Å². The number of nitrogen functional groups attached to an aromatic ring is 1. The number of carbonyl (C=O) groups excluding carboxylic acids is 1. The number of hydrazine groups is 1. The Morgan fingerprint density at radius 2 is 1.75 bits per heavy atom. The van der Waals surface area contributed by atoms with Crippen LogP contribution in [0, 0.1) is 0 Å². The van der Waals surface area contributed by atoms with Crippen LogP contribution in [0.1, 0.15) is 34.6 Å². The fourth-order valence-corrected chi connectivity index (χ4v) is 4.05. The highest BCUT2D eigenvalue weighted by Gasteiger charge is 2.26. The number of carbonyl (C=O) groups is 1. The number of benzene rings is 2. The fraction of sp³-hybridized carbons (Fsp3) is 0.423. The Hall–Kier alpha value is -3.79. The fourth-order valence-electron chi connectivity index (χ4n) is 4.05. The number of nitrogens with one attached hydrogen (secondary N) is 1. The van der Waals surface area contributed by atoms with Gasteiger partial charge in [-0.05, 0) is 71.0 Å². The first kappa shape index (κ1) is 25.3.